The van der Waals surface area contributed by atoms with E-state index in [1.165, 1.54) is 18.2 Å². The van der Waals surface area contributed by atoms with E-state index in [1.807, 2.05) is 0 Å². The number of benzene rings is 2. The third-order valence-corrected chi connectivity index (χ3v) is 10.4. The van der Waals surface area contributed by atoms with Crippen LogP contribution in [0.5, 0.6) is 11.5 Å². The molecule has 2 atom stereocenters. The molecule has 0 radical (unpaired) electrons. The van der Waals surface area contributed by atoms with Gasteiger partial charge in [-0.05, 0) is 67.9 Å². The Kier molecular flexibility index (Phi) is 10.7. The van der Waals surface area contributed by atoms with Gasteiger partial charge in [-0.1, -0.05) is 29.3 Å². The molecule has 0 bridgehead atoms. The van der Waals surface area contributed by atoms with Crippen molar-refractivity contribution >= 4 is 44.9 Å². The summed E-state index contributed by atoms with van der Waals surface area (Å²) in [6, 6.07) is 7.09. The molecule has 1 aliphatic heterocycles. The number of carbonyl (C=O) groups excluding carboxylic acids is 1. The van der Waals surface area contributed by atoms with Gasteiger partial charge in [0.25, 0.3) is 5.69 Å². The van der Waals surface area contributed by atoms with Crippen LogP contribution >= 0.6 is 23.2 Å². The molecule has 5 rings (SSSR count). The molecule has 2 aliphatic rings. The fraction of sp³-hybridized carbons (Fsp3) is 0.400. The van der Waals surface area contributed by atoms with Gasteiger partial charge < -0.3 is 19.4 Å². The lowest BCUT2D eigenvalue weighted by Crippen LogP contribution is -2.48. The molecular weight excluding hydrogens is 687 g/mol. The number of nitro groups is 1. The van der Waals surface area contributed by atoms with Crippen LogP contribution in [0.1, 0.15) is 49.3 Å². The van der Waals surface area contributed by atoms with Gasteiger partial charge >= 0.3 is 12.6 Å². The summed E-state index contributed by atoms with van der Waals surface area (Å²) < 4.78 is 71.5. The number of non-ortho nitro benzene ring substituents is 1. The topological polar surface area (TPSA) is 152 Å². The Morgan fingerprint density at radius 1 is 1.04 bits per heavy atom. The molecule has 2 fully saturated rings. The summed E-state index contributed by atoms with van der Waals surface area (Å²) in [5, 5.41) is 22.9. The van der Waals surface area contributed by atoms with E-state index in [-0.39, 0.29) is 75.2 Å². The zero-order valence-electron chi connectivity index (χ0n) is 24.6. The molecule has 3 aromatic rings. The number of pyridine rings is 1. The van der Waals surface area contributed by atoms with Gasteiger partial charge in [0.15, 0.2) is 23.9 Å². The zero-order valence-corrected chi connectivity index (χ0v) is 26.9. The maximum atomic E-state index is 13.9. The van der Waals surface area contributed by atoms with Crippen LogP contribution in [0.2, 0.25) is 10.0 Å². The summed E-state index contributed by atoms with van der Waals surface area (Å²) in [6.07, 6.45) is 3.69. The Balaban J connectivity index is 1.48. The van der Waals surface area contributed by atoms with Crippen LogP contribution in [0.4, 0.5) is 14.5 Å². The molecule has 1 aromatic heterocycles. The Hall–Kier alpha value is -3.79. The van der Waals surface area contributed by atoms with Crippen molar-refractivity contribution in [2.45, 2.75) is 62.2 Å². The van der Waals surface area contributed by atoms with Gasteiger partial charge in [-0.15, -0.1) is 0 Å². The number of hydrogen-bond acceptors (Lipinski definition) is 9. The SMILES string of the molecule is O=C(OC(Cc1c(Cl)c[n+]([O-])cc1Cl)c1ccc(OC(F)F)c(OCC2CC2)c1)C1CCCCN1S(=O)(=O)c1ccc([N+](=O)[O-])cc1. The highest BCUT2D eigenvalue weighted by atomic mass is 35.5. The number of halogens is 4. The highest BCUT2D eigenvalue weighted by Crippen LogP contribution is 2.38. The number of aromatic nitrogens is 1. The largest absolute Gasteiger partial charge is 0.619 e. The van der Waals surface area contributed by atoms with E-state index in [9.17, 15) is 37.3 Å². The number of carbonyl (C=O) groups is 1. The van der Waals surface area contributed by atoms with E-state index in [0.717, 1.165) is 53.8 Å². The molecule has 17 heteroatoms. The Morgan fingerprint density at radius 3 is 2.34 bits per heavy atom. The van der Waals surface area contributed by atoms with Gasteiger partial charge in [-0.2, -0.15) is 17.8 Å². The number of nitro benzene ring substituents is 1. The van der Waals surface area contributed by atoms with E-state index >= 15 is 0 Å². The lowest BCUT2D eigenvalue weighted by Gasteiger charge is -2.34. The normalized spacial score (nSPS) is 17.7. The molecular formula is C30H29Cl2F2N3O9S. The van der Waals surface area contributed by atoms with Gasteiger partial charge in [0, 0.05) is 30.7 Å². The van der Waals surface area contributed by atoms with Gasteiger partial charge in [0.2, 0.25) is 10.0 Å². The minimum absolute atomic E-state index is 0.0115. The minimum Gasteiger partial charge on any atom is -0.619 e. The highest BCUT2D eigenvalue weighted by Gasteiger charge is 2.40. The van der Waals surface area contributed by atoms with Crippen molar-refractivity contribution in [2.75, 3.05) is 13.2 Å². The van der Waals surface area contributed by atoms with E-state index < -0.39 is 39.7 Å². The summed E-state index contributed by atoms with van der Waals surface area (Å²) in [5.41, 5.74) is 0.218. The van der Waals surface area contributed by atoms with E-state index in [4.69, 9.17) is 32.7 Å². The number of ether oxygens (including phenoxy) is 3. The van der Waals surface area contributed by atoms with Crippen molar-refractivity contribution in [3.63, 3.8) is 0 Å². The number of alkyl halides is 2. The first-order chi connectivity index (χ1) is 22.3. The van der Waals surface area contributed by atoms with Gasteiger partial charge in [-0.25, -0.2) is 8.42 Å². The Morgan fingerprint density at radius 2 is 1.72 bits per heavy atom. The third kappa shape index (κ3) is 8.39. The third-order valence-electron chi connectivity index (χ3n) is 7.81. The smallest absolute Gasteiger partial charge is 0.387 e. The van der Waals surface area contributed by atoms with Crippen molar-refractivity contribution in [1.29, 1.82) is 0 Å². The minimum atomic E-state index is -4.29. The second-order valence-electron chi connectivity index (χ2n) is 11.1. The first-order valence-electron chi connectivity index (χ1n) is 14.6. The van der Waals surface area contributed by atoms with Crippen molar-refractivity contribution in [3.05, 3.63) is 91.4 Å². The molecule has 0 spiro atoms. The highest BCUT2D eigenvalue weighted by molar-refractivity contribution is 7.89. The van der Waals surface area contributed by atoms with Gasteiger partial charge in [0.1, 0.15) is 22.2 Å². The molecule has 2 heterocycles. The summed E-state index contributed by atoms with van der Waals surface area (Å²) in [7, 11) is -4.29. The summed E-state index contributed by atoms with van der Waals surface area (Å²) in [6.45, 7) is -2.89. The van der Waals surface area contributed by atoms with E-state index in [1.54, 1.807) is 0 Å². The molecule has 1 saturated heterocycles. The average molecular weight is 717 g/mol. The lowest BCUT2D eigenvalue weighted by molar-refractivity contribution is -0.605. The molecule has 12 nitrogen and oxygen atoms in total. The first kappa shape index (κ1) is 34.5. The monoisotopic (exact) mass is 715 g/mol. The zero-order chi connectivity index (χ0) is 33.9. The molecule has 0 N–H and O–H groups in total. The molecule has 2 unspecified atom stereocenters. The van der Waals surface area contributed by atoms with E-state index in [0.29, 0.717) is 17.6 Å². The predicted octanol–water partition coefficient (Wildman–Crippen LogP) is 6.00. The van der Waals surface area contributed by atoms with E-state index in [2.05, 4.69) is 4.74 Å². The number of sulfonamides is 1. The van der Waals surface area contributed by atoms with Crippen molar-refractivity contribution in [3.8, 4) is 11.5 Å². The van der Waals surface area contributed by atoms with Crippen LogP contribution < -0.4 is 14.2 Å². The summed E-state index contributed by atoms with van der Waals surface area (Å²) in [5.74, 6) is -0.887. The fourth-order valence-electron chi connectivity index (χ4n) is 5.18. The predicted molar refractivity (Wildman–Crippen MR) is 164 cm³/mol. The van der Waals surface area contributed by atoms with Crippen molar-refractivity contribution < 1.29 is 45.9 Å². The Bertz CT molecular complexity index is 1720. The number of nitrogens with zero attached hydrogens (tertiary/aromatic N) is 3. The van der Waals surface area contributed by atoms with Gasteiger partial charge in [0.05, 0.1) is 16.4 Å². The number of rotatable bonds is 13. The number of piperidine rings is 1. The van der Waals surface area contributed by atoms with Crippen molar-refractivity contribution in [1.82, 2.24) is 4.31 Å². The maximum Gasteiger partial charge on any atom is 0.387 e. The Labute approximate surface area is 278 Å². The molecule has 1 saturated carbocycles. The molecule has 47 heavy (non-hydrogen) atoms. The molecule has 0 amide bonds. The maximum absolute atomic E-state index is 13.9. The first-order valence-corrected chi connectivity index (χ1v) is 16.8. The second kappa shape index (κ2) is 14.5. The van der Waals surface area contributed by atoms with Gasteiger partial charge in [-0.3, -0.25) is 14.9 Å². The van der Waals surface area contributed by atoms with Crippen LogP contribution in [-0.4, -0.2) is 49.4 Å². The van der Waals surface area contributed by atoms with Crippen LogP contribution in [-0.2, 0) is 26.0 Å². The fourth-order valence-corrected chi connectivity index (χ4v) is 7.43. The standard InChI is InChI=1S/C30H29Cl2F2N3O9S/c31-23-15-35(39)16-24(32)22(23)14-27(19-6-11-26(46-30(33)34)28(13-19)44-17-18-4-5-18)45-29(38)25-3-1-2-12-36(25)47(42,43)21-9-7-20(8-10-21)37(40)41/h6-11,13,15-16,18,25,27,30H,1-5,12,14,17H2. The lowest BCUT2D eigenvalue weighted by atomic mass is 10.0. The quantitative estimate of drug-likeness (QED) is 0.0682. The molecule has 2 aromatic carbocycles. The van der Waals surface area contributed by atoms with Crippen LogP contribution in [0.25, 0.3) is 0 Å². The summed E-state index contributed by atoms with van der Waals surface area (Å²) in [4.78, 5) is 24.0. The molecule has 1 aliphatic carbocycles. The summed E-state index contributed by atoms with van der Waals surface area (Å²) >= 11 is 12.7. The number of esters is 1. The van der Waals surface area contributed by atoms with Crippen LogP contribution in [0.15, 0.2) is 59.8 Å². The average Bonchev–Trinajstić information content (AvgIpc) is 3.86. The van der Waals surface area contributed by atoms with Crippen molar-refractivity contribution in [2.24, 2.45) is 5.92 Å². The second-order valence-corrected chi connectivity index (χ2v) is 13.8. The number of hydrogen-bond donors (Lipinski definition) is 0. The molecule has 252 valence electrons. The van der Waals surface area contributed by atoms with Crippen LogP contribution in [0.3, 0.4) is 0 Å². The van der Waals surface area contributed by atoms with Crippen LogP contribution in [0, 0.1) is 21.2 Å².